The van der Waals surface area contributed by atoms with Crippen LogP contribution in [0.1, 0.15) is 16.7 Å². The fourth-order valence-corrected chi connectivity index (χ4v) is 3.95. The van der Waals surface area contributed by atoms with Crippen molar-refractivity contribution < 1.29 is 4.39 Å². The summed E-state index contributed by atoms with van der Waals surface area (Å²) in [5.41, 5.74) is 5.25. The first-order valence-electron chi connectivity index (χ1n) is 8.58. The van der Waals surface area contributed by atoms with E-state index in [0.29, 0.717) is 11.3 Å². The zero-order valence-corrected chi connectivity index (χ0v) is 15.3. The summed E-state index contributed by atoms with van der Waals surface area (Å²) in [6.07, 6.45) is 0. The predicted octanol–water partition coefficient (Wildman–Crippen LogP) is 5.82. The summed E-state index contributed by atoms with van der Waals surface area (Å²) in [5.74, 6) is 0.394. The van der Waals surface area contributed by atoms with Gasteiger partial charge < -0.3 is 4.57 Å². The van der Waals surface area contributed by atoms with E-state index in [1.807, 2.05) is 30.3 Å². The van der Waals surface area contributed by atoms with Crippen molar-refractivity contribution in [3.8, 4) is 0 Å². The molecule has 0 aliphatic carbocycles. The third-order valence-corrected chi connectivity index (χ3v) is 5.42. The van der Waals surface area contributed by atoms with Gasteiger partial charge in [0.05, 0.1) is 17.6 Å². The van der Waals surface area contributed by atoms with Crippen LogP contribution < -0.4 is 0 Å². The van der Waals surface area contributed by atoms with E-state index in [1.165, 1.54) is 17.2 Å². The minimum Gasteiger partial charge on any atom is -0.314 e. The summed E-state index contributed by atoms with van der Waals surface area (Å²) < 4.78 is 16.2. The number of nitrogens with zero attached hydrogens (tertiary/aromatic N) is 2. The second kappa shape index (κ2) is 7.34. The fraction of sp³-hybridized carbons (Fsp3) is 0.136. The molecule has 0 unspecified atom stereocenters. The number of aromatic nitrogens is 2. The first kappa shape index (κ1) is 16.9. The maximum absolute atomic E-state index is 13.9. The molecule has 0 N–H and O–H groups in total. The van der Waals surface area contributed by atoms with Gasteiger partial charge in [-0.3, -0.25) is 0 Å². The van der Waals surface area contributed by atoms with Crippen molar-refractivity contribution in [2.24, 2.45) is 0 Å². The molecule has 0 saturated heterocycles. The van der Waals surface area contributed by atoms with Gasteiger partial charge in [-0.1, -0.05) is 71.9 Å². The van der Waals surface area contributed by atoms with E-state index < -0.39 is 0 Å². The van der Waals surface area contributed by atoms with Gasteiger partial charge in [-0.25, -0.2) is 9.37 Å². The maximum Gasteiger partial charge on any atom is 0.169 e. The zero-order chi connectivity index (χ0) is 17.9. The Balaban J connectivity index is 1.67. The molecule has 0 fully saturated rings. The van der Waals surface area contributed by atoms with E-state index in [2.05, 4.69) is 41.8 Å². The van der Waals surface area contributed by atoms with Gasteiger partial charge in [0.2, 0.25) is 0 Å². The Kier molecular flexibility index (Phi) is 4.76. The van der Waals surface area contributed by atoms with Crippen molar-refractivity contribution in [3.05, 3.63) is 95.3 Å². The SMILES string of the molecule is Cc1ccc(Cn2c(SCc3ccccc3F)nc3ccccc32)cc1. The number of fused-ring (bicyclic) bond motifs is 1. The molecule has 3 aromatic carbocycles. The number of hydrogen-bond acceptors (Lipinski definition) is 2. The smallest absolute Gasteiger partial charge is 0.169 e. The monoisotopic (exact) mass is 362 g/mol. The van der Waals surface area contributed by atoms with Gasteiger partial charge in [-0.05, 0) is 36.2 Å². The Labute approximate surface area is 156 Å². The zero-order valence-electron chi connectivity index (χ0n) is 14.5. The first-order chi connectivity index (χ1) is 12.7. The number of hydrogen-bond donors (Lipinski definition) is 0. The molecule has 4 rings (SSSR count). The second-order valence-electron chi connectivity index (χ2n) is 6.33. The van der Waals surface area contributed by atoms with Crippen LogP contribution >= 0.6 is 11.8 Å². The normalized spacial score (nSPS) is 11.2. The Hall–Kier alpha value is -2.59. The molecule has 0 saturated carbocycles. The van der Waals surface area contributed by atoms with Crippen LogP contribution in [-0.4, -0.2) is 9.55 Å². The molecule has 1 heterocycles. The van der Waals surface area contributed by atoms with Crippen LogP contribution in [0.4, 0.5) is 4.39 Å². The fourth-order valence-electron chi connectivity index (χ4n) is 2.95. The van der Waals surface area contributed by atoms with Gasteiger partial charge >= 0.3 is 0 Å². The van der Waals surface area contributed by atoms with Gasteiger partial charge in [0.15, 0.2) is 5.16 Å². The number of aryl methyl sites for hydroxylation is 1. The van der Waals surface area contributed by atoms with Gasteiger partial charge in [-0.15, -0.1) is 0 Å². The molecule has 4 heteroatoms. The van der Waals surface area contributed by atoms with Crippen molar-refractivity contribution in [2.45, 2.75) is 24.4 Å². The van der Waals surface area contributed by atoms with Crippen molar-refractivity contribution in [3.63, 3.8) is 0 Å². The lowest BCUT2D eigenvalue weighted by atomic mass is 10.1. The number of thioether (sulfide) groups is 1. The maximum atomic E-state index is 13.9. The number of para-hydroxylation sites is 2. The molecule has 0 spiro atoms. The average molecular weight is 362 g/mol. The van der Waals surface area contributed by atoms with E-state index in [4.69, 9.17) is 4.98 Å². The Morgan fingerprint density at radius 3 is 2.46 bits per heavy atom. The second-order valence-corrected chi connectivity index (χ2v) is 7.28. The average Bonchev–Trinajstić information content (AvgIpc) is 3.00. The molecule has 0 aliphatic rings. The lowest BCUT2D eigenvalue weighted by molar-refractivity contribution is 0.617. The molecule has 0 radical (unpaired) electrons. The molecule has 0 atom stereocenters. The van der Waals surface area contributed by atoms with Crippen LogP contribution in [0.2, 0.25) is 0 Å². The molecule has 26 heavy (non-hydrogen) atoms. The molecular weight excluding hydrogens is 343 g/mol. The molecule has 0 aliphatic heterocycles. The topological polar surface area (TPSA) is 17.8 Å². The standard InChI is InChI=1S/C22H19FN2S/c1-16-10-12-17(13-11-16)14-25-21-9-5-4-8-20(21)24-22(25)26-15-18-6-2-3-7-19(18)23/h2-13H,14-15H2,1H3. The molecular formula is C22H19FN2S. The molecule has 2 nitrogen and oxygen atoms in total. The molecule has 0 amide bonds. The Bertz CT molecular complexity index is 1040. The van der Waals surface area contributed by atoms with Crippen molar-refractivity contribution in [1.29, 1.82) is 0 Å². The highest BCUT2D eigenvalue weighted by atomic mass is 32.2. The van der Waals surface area contributed by atoms with Crippen LogP contribution in [0.15, 0.2) is 78.0 Å². The highest BCUT2D eigenvalue weighted by Crippen LogP contribution is 2.28. The van der Waals surface area contributed by atoms with E-state index in [9.17, 15) is 4.39 Å². The van der Waals surface area contributed by atoms with E-state index in [-0.39, 0.29) is 5.82 Å². The number of benzene rings is 3. The Morgan fingerprint density at radius 2 is 1.65 bits per heavy atom. The minimum atomic E-state index is -0.166. The largest absolute Gasteiger partial charge is 0.314 e. The van der Waals surface area contributed by atoms with Crippen LogP contribution in [0.5, 0.6) is 0 Å². The molecule has 130 valence electrons. The third-order valence-electron chi connectivity index (χ3n) is 4.40. The van der Waals surface area contributed by atoms with Gasteiger partial charge in [0, 0.05) is 5.75 Å². The van der Waals surface area contributed by atoms with Crippen molar-refractivity contribution in [2.75, 3.05) is 0 Å². The lowest BCUT2D eigenvalue weighted by Gasteiger charge is -2.10. The molecule has 0 bridgehead atoms. The summed E-state index contributed by atoms with van der Waals surface area (Å²) in [4.78, 5) is 4.77. The van der Waals surface area contributed by atoms with E-state index >= 15 is 0 Å². The highest BCUT2D eigenvalue weighted by Gasteiger charge is 2.12. The van der Waals surface area contributed by atoms with Crippen LogP contribution in [0.3, 0.4) is 0 Å². The third kappa shape index (κ3) is 3.51. The predicted molar refractivity (Wildman–Crippen MR) is 106 cm³/mol. The van der Waals surface area contributed by atoms with Gasteiger partial charge in [-0.2, -0.15) is 0 Å². The van der Waals surface area contributed by atoms with E-state index in [0.717, 1.165) is 22.7 Å². The summed E-state index contributed by atoms with van der Waals surface area (Å²) in [6.45, 7) is 2.84. The van der Waals surface area contributed by atoms with Crippen molar-refractivity contribution >= 4 is 22.8 Å². The van der Waals surface area contributed by atoms with Crippen molar-refractivity contribution in [1.82, 2.24) is 9.55 Å². The van der Waals surface area contributed by atoms with E-state index in [1.54, 1.807) is 17.8 Å². The first-order valence-corrected chi connectivity index (χ1v) is 9.56. The highest BCUT2D eigenvalue weighted by molar-refractivity contribution is 7.98. The Morgan fingerprint density at radius 1 is 0.923 bits per heavy atom. The quantitative estimate of drug-likeness (QED) is 0.416. The number of rotatable bonds is 5. The van der Waals surface area contributed by atoms with Gasteiger partial charge in [0.25, 0.3) is 0 Å². The summed E-state index contributed by atoms with van der Waals surface area (Å²) in [7, 11) is 0. The number of halogens is 1. The van der Waals surface area contributed by atoms with Gasteiger partial charge in [0.1, 0.15) is 5.82 Å². The lowest BCUT2D eigenvalue weighted by Crippen LogP contribution is -2.02. The molecule has 1 aromatic heterocycles. The number of imidazole rings is 1. The summed E-state index contributed by atoms with van der Waals surface area (Å²) in [6, 6.07) is 23.6. The van der Waals surface area contributed by atoms with Crippen LogP contribution in [0, 0.1) is 12.7 Å². The van der Waals surface area contributed by atoms with Crippen LogP contribution in [0.25, 0.3) is 11.0 Å². The van der Waals surface area contributed by atoms with Crippen LogP contribution in [-0.2, 0) is 12.3 Å². The minimum absolute atomic E-state index is 0.166. The summed E-state index contributed by atoms with van der Waals surface area (Å²) >= 11 is 1.57. The molecule has 4 aromatic rings. The summed E-state index contributed by atoms with van der Waals surface area (Å²) in [5, 5.41) is 0.912.